The summed E-state index contributed by atoms with van der Waals surface area (Å²) in [6.07, 6.45) is 3.97. The summed E-state index contributed by atoms with van der Waals surface area (Å²) in [4.78, 5) is 4.26. The van der Waals surface area contributed by atoms with Crippen molar-refractivity contribution in [2.24, 2.45) is 12.0 Å². The van der Waals surface area contributed by atoms with Gasteiger partial charge in [-0.25, -0.2) is 0 Å². The van der Waals surface area contributed by atoms with Crippen LogP contribution in [0.4, 0.5) is 0 Å². The smallest absolute Gasteiger partial charge is 0.191 e. The fraction of sp³-hybridized carbons (Fsp3) is 0.444. The summed E-state index contributed by atoms with van der Waals surface area (Å²) in [6.45, 7) is 7.46. The van der Waals surface area contributed by atoms with Crippen molar-refractivity contribution in [3.63, 3.8) is 0 Å². The van der Waals surface area contributed by atoms with Gasteiger partial charge in [-0.2, -0.15) is 5.10 Å². The molecule has 2 rings (SSSR count). The van der Waals surface area contributed by atoms with E-state index in [4.69, 9.17) is 4.74 Å². The first kappa shape index (κ1) is 21.3. The standard InChI is InChI=1S/C18H27N5O.HI/c1-13(2)24-17-8-14(3)6-7-16(17)11-21-18(19-4)20-9-15-10-22-23(5)12-15;/h6-8,10,12-13H,9,11H2,1-5H3,(H2,19,20,21);1H. The normalized spacial score (nSPS) is 11.2. The van der Waals surface area contributed by atoms with Gasteiger partial charge in [-0.3, -0.25) is 9.67 Å². The molecule has 0 bridgehead atoms. The van der Waals surface area contributed by atoms with Gasteiger partial charge < -0.3 is 15.4 Å². The number of hydrogen-bond acceptors (Lipinski definition) is 3. The zero-order valence-electron chi connectivity index (χ0n) is 15.5. The fourth-order valence-electron chi connectivity index (χ4n) is 2.32. The number of rotatable bonds is 6. The Morgan fingerprint density at radius 3 is 2.60 bits per heavy atom. The molecule has 7 heteroatoms. The van der Waals surface area contributed by atoms with Gasteiger partial charge in [-0.15, -0.1) is 24.0 Å². The molecule has 0 aliphatic heterocycles. The molecule has 2 N–H and O–H groups in total. The molecule has 0 radical (unpaired) electrons. The average molecular weight is 457 g/mol. The second-order valence-electron chi connectivity index (χ2n) is 6.08. The van der Waals surface area contributed by atoms with Crippen LogP contribution in [0.1, 0.15) is 30.5 Å². The van der Waals surface area contributed by atoms with Gasteiger partial charge in [-0.05, 0) is 32.4 Å². The monoisotopic (exact) mass is 457 g/mol. The molecule has 2 aromatic rings. The molecule has 1 heterocycles. The maximum Gasteiger partial charge on any atom is 0.191 e. The fourth-order valence-corrected chi connectivity index (χ4v) is 2.32. The van der Waals surface area contributed by atoms with E-state index in [0.717, 1.165) is 22.8 Å². The topological polar surface area (TPSA) is 63.5 Å². The lowest BCUT2D eigenvalue weighted by molar-refractivity contribution is 0.239. The van der Waals surface area contributed by atoms with E-state index in [0.29, 0.717) is 13.1 Å². The summed E-state index contributed by atoms with van der Waals surface area (Å²) in [7, 11) is 3.67. The Labute approximate surface area is 167 Å². The van der Waals surface area contributed by atoms with Crippen LogP contribution in [0.25, 0.3) is 0 Å². The lowest BCUT2D eigenvalue weighted by Crippen LogP contribution is -2.36. The lowest BCUT2D eigenvalue weighted by atomic mass is 10.1. The van der Waals surface area contributed by atoms with E-state index in [1.807, 2.05) is 33.3 Å². The number of aliphatic imine (C=N–C) groups is 1. The molecule has 0 unspecified atom stereocenters. The quantitative estimate of drug-likeness (QED) is 0.398. The Bertz CT molecular complexity index is 697. The highest BCUT2D eigenvalue weighted by molar-refractivity contribution is 14.0. The molecule has 1 aromatic carbocycles. The molecule has 1 aromatic heterocycles. The zero-order valence-corrected chi connectivity index (χ0v) is 17.9. The van der Waals surface area contributed by atoms with Crippen LogP contribution in [0.5, 0.6) is 5.75 Å². The third-order valence-electron chi connectivity index (χ3n) is 3.47. The molecule has 25 heavy (non-hydrogen) atoms. The van der Waals surface area contributed by atoms with Crippen molar-refractivity contribution < 1.29 is 4.74 Å². The molecule has 0 saturated carbocycles. The molecule has 138 valence electrons. The van der Waals surface area contributed by atoms with Crippen molar-refractivity contribution in [2.45, 2.75) is 40.0 Å². The number of benzene rings is 1. The van der Waals surface area contributed by atoms with Crippen LogP contribution in [-0.2, 0) is 20.1 Å². The minimum atomic E-state index is 0. The second-order valence-corrected chi connectivity index (χ2v) is 6.08. The third kappa shape index (κ3) is 6.93. The molecule has 0 aliphatic carbocycles. The van der Waals surface area contributed by atoms with Crippen LogP contribution in [-0.4, -0.2) is 28.9 Å². The van der Waals surface area contributed by atoms with Crippen molar-refractivity contribution >= 4 is 29.9 Å². The highest BCUT2D eigenvalue weighted by atomic mass is 127. The number of nitrogens with zero attached hydrogens (tertiary/aromatic N) is 3. The molecule has 0 atom stereocenters. The third-order valence-corrected chi connectivity index (χ3v) is 3.47. The summed E-state index contributed by atoms with van der Waals surface area (Å²) in [5, 5.41) is 10.8. The second kappa shape index (κ2) is 10.3. The SMILES string of the molecule is CN=C(NCc1cnn(C)c1)NCc1ccc(C)cc1OC(C)C.I. The van der Waals surface area contributed by atoms with E-state index in [1.165, 1.54) is 5.56 Å². The van der Waals surface area contributed by atoms with Crippen molar-refractivity contribution in [1.82, 2.24) is 20.4 Å². The van der Waals surface area contributed by atoms with Gasteiger partial charge in [0.15, 0.2) is 5.96 Å². The van der Waals surface area contributed by atoms with Crippen molar-refractivity contribution in [3.05, 3.63) is 47.3 Å². The van der Waals surface area contributed by atoms with Crippen LogP contribution in [0.2, 0.25) is 0 Å². The predicted molar refractivity (Wildman–Crippen MR) is 113 cm³/mol. The Morgan fingerprint density at radius 1 is 1.28 bits per heavy atom. The maximum atomic E-state index is 5.91. The van der Waals surface area contributed by atoms with Gasteiger partial charge in [0.05, 0.1) is 12.3 Å². The highest BCUT2D eigenvalue weighted by Crippen LogP contribution is 2.21. The van der Waals surface area contributed by atoms with Crippen molar-refractivity contribution in [2.75, 3.05) is 7.05 Å². The molecule has 0 spiro atoms. The van der Waals surface area contributed by atoms with Crippen LogP contribution in [0.3, 0.4) is 0 Å². The summed E-state index contributed by atoms with van der Waals surface area (Å²) in [5.41, 5.74) is 3.41. The van der Waals surface area contributed by atoms with Crippen molar-refractivity contribution in [3.8, 4) is 5.75 Å². The highest BCUT2D eigenvalue weighted by Gasteiger charge is 2.07. The van der Waals surface area contributed by atoms with Gasteiger partial charge in [0.1, 0.15) is 5.75 Å². The Hall–Kier alpha value is -1.77. The molecule has 6 nitrogen and oxygen atoms in total. The van der Waals surface area contributed by atoms with Gasteiger partial charge in [0, 0.05) is 44.5 Å². The number of halogens is 1. The van der Waals surface area contributed by atoms with E-state index in [1.54, 1.807) is 11.7 Å². The number of hydrogen-bond donors (Lipinski definition) is 2. The molecular formula is C18H28IN5O. The summed E-state index contributed by atoms with van der Waals surface area (Å²) in [5.74, 6) is 1.66. The van der Waals surface area contributed by atoms with E-state index in [2.05, 4.69) is 45.8 Å². The number of aromatic nitrogens is 2. The first-order chi connectivity index (χ1) is 11.5. The molecule has 0 saturated heterocycles. The minimum absolute atomic E-state index is 0. The van der Waals surface area contributed by atoms with Crippen LogP contribution in [0, 0.1) is 6.92 Å². The first-order valence-corrected chi connectivity index (χ1v) is 8.16. The summed E-state index contributed by atoms with van der Waals surface area (Å²) < 4.78 is 7.70. The van der Waals surface area contributed by atoms with Crippen LogP contribution >= 0.6 is 24.0 Å². The number of aryl methyl sites for hydroxylation is 2. The average Bonchev–Trinajstić information content (AvgIpc) is 2.94. The molecule has 0 aliphatic rings. The first-order valence-electron chi connectivity index (χ1n) is 8.16. The molecule has 0 amide bonds. The van der Waals surface area contributed by atoms with E-state index in [-0.39, 0.29) is 30.1 Å². The van der Waals surface area contributed by atoms with Crippen molar-refractivity contribution in [1.29, 1.82) is 0 Å². The van der Waals surface area contributed by atoms with Gasteiger partial charge >= 0.3 is 0 Å². The molecule has 0 fully saturated rings. The largest absolute Gasteiger partial charge is 0.491 e. The number of nitrogens with one attached hydrogen (secondary N) is 2. The Balaban J connectivity index is 0.00000312. The number of ether oxygens (including phenoxy) is 1. The summed E-state index contributed by atoms with van der Waals surface area (Å²) in [6, 6.07) is 6.26. The van der Waals surface area contributed by atoms with E-state index >= 15 is 0 Å². The lowest BCUT2D eigenvalue weighted by Gasteiger charge is -2.17. The van der Waals surface area contributed by atoms with Gasteiger partial charge in [0.2, 0.25) is 0 Å². The van der Waals surface area contributed by atoms with Crippen LogP contribution in [0.15, 0.2) is 35.6 Å². The Kier molecular flexibility index (Phi) is 8.74. The summed E-state index contributed by atoms with van der Waals surface area (Å²) >= 11 is 0. The van der Waals surface area contributed by atoms with Crippen LogP contribution < -0.4 is 15.4 Å². The van der Waals surface area contributed by atoms with E-state index < -0.39 is 0 Å². The zero-order chi connectivity index (χ0) is 17.5. The number of guanidine groups is 1. The van der Waals surface area contributed by atoms with E-state index in [9.17, 15) is 0 Å². The minimum Gasteiger partial charge on any atom is -0.491 e. The predicted octanol–water partition coefficient (Wildman–Crippen LogP) is 3.00. The van der Waals surface area contributed by atoms with Gasteiger partial charge in [-0.1, -0.05) is 12.1 Å². The Morgan fingerprint density at radius 2 is 2.00 bits per heavy atom. The maximum absolute atomic E-state index is 5.91. The van der Waals surface area contributed by atoms with Gasteiger partial charge in [0.25, 0.3) is 0 Å². The molecular weight excluding hydrogens is 429 g/mol.